The minimum atomic E-state index is -4.54. The molecule has 0 atom stereocenters. The molecule has 116 valence electrons. The van der Waals surface area contributed by atoms with Gasteiger partial charge >= 0.3 is 12.1 Å². The molecule has 1 aromatic carbocycles. The summed E-state index contributed by atoms with van der Waals surface area (Å²) < 4.78 is 38.1. The number of carboxylic acid groups (broad SMARTS) is 1. The highest BCUT2D eigenvalue weighted by atomic mass is 32.2. The van der Waals surface area contributed by atoms with Gasteiger partial charge in [0.25, 0.3) is 0 Å². The average Bonchev–Trinajstić information content (AvgIpc) is 2.35. The maximum atomic E-state index is 12.7. The zero-order chi connectivity index (χ0) is 15.8. The summed E-state index contributed by atoms with van der Waals surface area (Å²) >= 11 is 1.77. The highest BCUT2D eigenvalue weighted by Gasteiger charge is 2.34. The van der Waals surface area contributed by atoms with Crippen molar-refractivity contribution in [3.8, 4) is 0 Å². The topological polar surface area (TPSA) is 40.5 Å². The molecule has 1 saturated heterocycles. The van der Waals surface area contributed by atoms with E-state index in [1.807, 2.05) is 18.7 Å². The molecular weight excluding hydrogens is 303 g/mol. The third kappa shape index (κ3) is 3.64. The number of rotatable bonds is 2. The Balaban J connectivity index is 2.42. The van der Waals surface area contributed by atoms with Gasteiger partial charge in [-0.25, -0.2) is 4.79 Å². The Bertz CT molecular complexity index is 558. The van der Waals surface area contributed by atoms with E-state index in [0.29, 0.717) is 24.8 Å². The first-order valence-corrected chi connectivity index (χ1v) is 7.42. The molecule has 1 aliphatic rings. The minimum absolute atomic E-state index is 0.0588. The third-order valence-corrected chi connectivity index (χ3v) is 4.62. The Morgan fingerprint density at radius 2 is 2.05 bits per heavy atom. The summed E-state index contributed by atoms with van der Waals surface area (Å²) in [6.07, 6.45) is -4.54. The van der Waals surface area contributed by atoms with Crippen LogP contribution in [0.3, 0.4) is 0 Å². The van der Waals surface area contributed by atoms with Gasteiger partial charge in [0.1, 0.15) is 0 Å². The number of hydrogen-bond donors (Lipinski definition) is 1. The second-order valence-electron chi connectivity index (χ2n) is 5.56. The summed E-state index contributed by atoms with van der Waals surface area (Å²) in [5.74, 6) is -0.528. The first kappa shape index (κ1) is 16.0. The molecule has 7 heteroatoms. The van der Waals surface area contributed by atoms with E-state index in [0.717, 1.165) is 11.8 Å². The molecule has 0 unspecified atom stereocenters. The summed E-state index contributed by atoms with van der Waals surface area (Å²) in [6.45, 7) is 5.30. The lowest BCUT2D eigenvalue weighted by Gasteiger charge is -2.39. The third-order valence-electron chi connectivity index (χ3n) is 3.32. The zero-order valence-corrected chi connectivity index (χ0v) is 12.5. The van der Waals surface area contributed by atoms with Crippen LogP contribution in [0.5, 0.6) is 0 Å². The molecule has 3 nitrogen and oxygen atoms in total. The molecule has 1 fully saturated rings. The number of aromatic carboxylic acids is 1. The standard InChI is InChI=1S/C14H16F3NO2S/c1-13(2)8-18(5-6-21-13)11-4-3-9(14(15,16)17)7-10(11)12(19)20/h3-4,7H,5-6,8H2,1-2H3,(H,19,20). The molecule has 0 bridgehead atoms. The number of thioether (sulfide) groups is 1. The van der Waals surface area contributed by atoms with Gasteiger partial charge in [-0.05, 0) is 32.0 Å². The number of nitrogens with zero attached hydrogens (tertiary/aromatic N) is 1. The normalized spacial score (nSPS) is 18.6. The number of benzene rings is 1. The number of halogens is 3. The summed E-state index contributed by atoms with van der Waals surface area (Å²) in [4.78, 5) is 13.2. The summed E-state index contributed by atoms with van der Waals surface area (Å²) in [5, 5.41) is 9.22. The molecule has 1 aromatic rings. The molecule has 0 spiro atoms. The number of alkyl halides is 3. The van der Waals surface area contributed by atoms with E-state index >= 15 is 0 Å². The number of anilines is 1. The van der Waals surface area contributed by atoms with Crippen LogP contribution in [-0.2, 0) is 6.18 Å². The van der Waals surface area contributed by atoms with Crippen LogP contribution in [0.15, 0.2) is 18.2 Å². The number of carboxylic acids is 1. The van der Waals surface area contributed by atoms with E-state index in [2.05, 4.69) is 0 Å². The SMILES string of the molecule is CC1(C)CN(c2ccc(C(F)(F)F)cc2C(=O)O)CCS1. The molecule has 1 aliphatic heterocycles. The molecule has 0 aromatic heterocycles. The van der Waals surface area contributed by atoms with Gasteiger partial charge in [-0.15, -0.1) is 0 Å². The van der Waals surface area contributed by atoms with E-state index in [1.54, 1.807) is 11.8 Å². The lowest BCUT2D eigenvalue weighted by Crippen LogP contribution is -2.43. The van der Waals surface area contributed by atoms with Crippen molar-refractivity contribution in [3.63, 3.8) is 0 Å². The second kappa shape index (κ2) is 5.44. The van der Waals surface area contributed by atoms with Gasteiger partial charge in [0.05, 0.1) is 16.8 Å². The molecular formula is C14H16F3NO2S. The minimum Gasteiger partial charge on any atom is -0.478 e. The zero-order valence-electron chi connectivity index (χ0n) is 11.7. The molecule has 1 N–H and O–H groups in total. The first-order valence-electron chi connectivity index (χ1n) is 6.44. The van der Waals surface area contributed by atoms with Gasteiger partial charge in [-0.1, -0.05) is 0 Å². The van der Waals surface area contributed by atoms with Crippen LogP contribution in [0.1, 0.15) is 29.8 Å². The van der Waals surface area contributed by atoms with Gasteiger partial charge in [0.2, 0.25) is 0 Å². The molecule has 0 aliphatic carbocycles. The maximum absolute atomic E-state index is 12.7. The van der Waals surface area contributed by atoms with Gasteiger partial charge < -0.3 is 10.0 Å². The fourth-order valence-corrected chi connectivity index (χ4v) is 3.49. The predicted octanol–water partition coefficient (Wildman–Crippen LogP) is 3.74. The summed E-state index contributed by atoms with van der Waals surface area (Å²) in [6, 6.07) is 2.92. The van der Waals surface area contributed by atoms with Crippen LogP contribution in [0.4, 0.5) is 18.9 Å². The van der Waals surface area contributed by atoms with Gasteiger partial charge in [0, 0.05) is 23.6 Å². The Kier molecular flexibility index (Phi) is 4.15. The van der Waals surface area contributed by atoms with Crippen LogP contribution in [0.2, 0.25) is 0 Å². The molecule has 0 amide bonds. The Hall–Kier alpha value is -1.37. The fourth-order valence-electron chi connectivity index (χ4n) is 2.38. The number of hydrogen-bond acceptors (Lipinski definition) is 3. The van der Waals surface area contributed by atoms with E-state index in [4.69, 9.17) is 0 Å². The van der Waals surface area contributed by atoms with Crippen molar-refractivity contribution in [3.05, 3.63) is 29.3 Å². The van der Waals surface area contributed by atoms with E-state index in [-0.39, 0.29) is 10.3 Å². The lowest BCUT2D eigenvalue weighted by molar-refractivity contribution is -0.137. The highest BCUT2D eigenvalue weighted by molar-refractivity contribution is 8.00. The molecule has 2 rings (SSSR count). The first-order chi connectivity index (χ1) is 9.60. The fraction of sp³-hybridized carbons (Fsp3) is 0.500. The Morgan fingerprint density at radius 1 is 1.38 bits per heavy atom. The Morgan fingerprint density at radius 3 is 2.57 bits per heavy atom. The van der Waals surface area contributed by atoms with E-state index in [9.17, 15) is 23.1 Å². The van der Waals surface area contributed by atoms with Crippen LogP contribution in [-0.4, -0.2) is 34.7 Å². The van der Waals surface area contributed by atoms with Crippen LogP contribution < -0.4 is 4.90 Å². The smallest absolute Gasteiger partial charge is 0.416 e. The highest BCUT2D eigenvalue weighted by Crippen LogP contribution is 2.36. The van der Waals surface area contributed by atoms with Crippen LogP contribution in [0, 0.1) is 0 Å². The van der Waals surface area contributed by atoms with Crippen molar-refractivity contribution in [1.82, 2.24) is 0 Å². The monoisotopic (exact) mass is 319 g/mol. The van der Waals surface area contributed by atoms with Crippen molar-refractivity contribution < 1.29 is 23.1 Å². The predicted molar refractivity (Wildman–Crippen MR) is 77.2 cm³/mol. The largest absolute Gasteiger partial charge is 0.478 e. The lowest BCUT2D eigenvalue weighted by atomic mass is 10.1. The van der Waals surface area contributed by atoms with Crippen molar-refractivity contribution in [1.29, 1.82) is 0 Å². The van der Waals surface area contributed by atoms with Crippen molar-refractivity contribution >= 4 is 23.4 Å². The summed E-state index contributed by atoms with van der Waals surface area (Å²) in [5.41, 5.74) is -0.884. The van der Waals surface area contributed by atoms with Crippen LogP contribution >= 0.6 is 11.8 Å². The summed E-state index contributed by atoms with van der Waals surface area (Å²) in [7, 11) is 0. The van der Waals surface area contributed by atoms with Crippen molar-refractivity contribution in [2.24, 2.45) is 0 Å². The quantitative estimate of drug-likeness (QED) is 0.901. The molecule has 0 saturated carbocycles. The number of carbonyl (C=O) groups is 1. The maximum Gasteiger partial charge on any atom is 0.416 e. The van der Waals surface area contributed by atoms with Gasteiger partial charge in [-0.3, -0.25) is 0 Å². The Labute approximate surface area is 125 Å². The molecule has 0 radical (unpaired) electrons. The van der Waals surface area contributed by atoms with Crippen LogP contribution in [0.25, 0.3) is 0 Å². The average molecular weight is 319 g/mol. The second-order valence-corrected chi connectivity index (χ2v) is 7.37. The van der Waals surface area contributed by atoms with Crippen molar-refractivity contribution in [2.75, 3.05) is 23.7 Å². The van der Waals surface area contributed by atoms with Gasteiger partial charge in [-0.2, -0.15) is 24.9 Å². The molecule has 1 heterocycles. The molecule has 21 heavy (non-hydrogen) atoms. The van der Waals surface area contributed by atoms with E-state index in [1.165, 1.54) is 6.07 Å². The van der Waals surface area contributed by atoms with E-state index < -0.39 is 17.7 Å². The van der Waals surface area contributed by atoms with Gasteiger partial charge in [0.15, 0.2) is 0 Å². The van der Waals surface area contributed by atoms with Crippen molar-refractivity contribution in [2.45, 2.75) is 24.8 Å².